The predicted molar refractivity (Wildman–Crippen MR) is 101 cm³/mol. The van der Waals surface area contributed by atoms with Crippen molar-refractivity contribution < 1.29 is 9.59 Å². The Hall–Kier alpha value is -3.22. The summed E-state index contributed by atoms with van der Waals surface area (Å²) >= 11 is 0. The molecule has 1 aliphatic heterocycles. The van der Waals surface area contributed by atoms with Crippen LogP contribution in [0.4, 0.5) is 4.79 Å². The smallest absolute Gasteiger partial charge is 0.324 e. The molecule has 0 unspecified atom stereocenters. The SMILES string of the molecule is O=C(NC(=O)N1CCC(Cc2ccccc2)CC1)c1ccc2n[nH]nc2c1. The Morgan fingerprint density at radius 2 is 1.78 bits per heavy atom. The zero-order chi connectivity index (χ0) is 18.6. The number of H-pyrrole nitrogens is 1. The highest BCUT2D eigenvalue weighted by Gasteiger charge is 2.24. The fourth-order valence-electron chi connectivity index (χ4n) is 3.52. The Balaban J connectivity index is 1.30. The van der Waals surface area contributed by atoms with Crippen LogP contribution >= 0.6 is 0 Å². The highest BCUT2D eigenvalue weighted by atomic mass is 16.2. The van der Waals surface area contributed by atoms with Gasteiger partial charge in [0.2, 0.25) is 0 Å². The maximum atomic E-state index is 12.4. The summed E-state index contributed by atoms with van der Waals surface area (Å²) in [5, 5.41) is 12.9. The molecule has 2 heterocycles. The van der Waals surface area contributed by atoms with E-state index in [-0.39, 0.29) is 6.03 Å². The van der Waals surface area contributed by atoms with Crippen molar-refractivity contribution in [2.45, 2.75) is 19.3 Å². The molecule has 4 rings (SSSR count). The number of imide groups is 1. The van der Waals surface area contributed by atoms with Gasteiger partial charge in [-0.2, -0.15) is 15.4 Å². The topological polar surface area (TPSA) is 91.0 Å². The molecule has 0 aliphatic carbocycles. The fourth-order valence-corrected chi connectivity index (χ4v) is 3.52. The first-order chi connectivity index (χ1) is 13.2. The summed E-state index contributed by atoms with van der Waals surface area (Å²) in [4.78, 5) is 26.5. The van der Waals surface area contributed by atoms with Crippen molar-refractivity contribution in [3.8, 4) is 0 Å². The molecular weight excluding hydrogens is 342 g/mol. The number of fused-ring (bicyclic) bond motifs is 1. The maximum absolute atomic E-state index is 12.4. The number of hydrogen-bond donors (Lipinski definition) is 2. The van der Waals surface area contributed by atoms with E-state index in [1.54, 1.807) is 23.1 Å². The van der Waals surface area contributed by atoms with Crippen LogP contribution in [0.1, 0.15) is 28.8 Å². The Morgan fingerprint density at radius 1 is 1.04 bits per heavy atom. The first kappa shape index (κ1) is 17.2. The molecule has 0 bridgehead atoms. The van der Waals surface area contributed by atoms with E-state index in [4.69, 9.17) is 0 Å². The minimum absolute atomic E-state index is 0.335. The van der Waals surface area contributed by atoms with Crippen molar-refractivity contribution in [3.63, 3.8) is 0 Å². The summed E-state index contributed by atoms with van der Waals surface area (Å²) in [6.45, 7) is 1.33. The lowest BCUT2D eigenvalue weighted by Crippen LogP contribution is -2.46. The molecule has 1 saturated heterocycles. The quantitative estimate of drug-likeness (QED) is 0.749. The first-order valence-corrected chi connectivity index (χ1v) is 9.14. The number of carbonyl (C=O) groups excluding carboxylic acids is 2. The van der Waals surface area contributed by atoms with Crippen LogP contribution in [0, 0.1) is 5.92 Å². The van der Waals surface area contributed by atoms with Crippen LogP contribution in [-0.2, 0) is 6.42 Å². The van der Waals surface area contributed by atoms with Crippen LogP contribution in [0.25, 0.3) is 11.0 Å². The molecular formula is C20H21N5O2. The van der Waals surface area contributed by atoms with Crippen molar-refractivity contribution in [2.75, 3.05) is 13.1 Å². The number of amides is 3. The van der Waals surface area contributed by atoms with Gasteiger partial charge in [-0.1, -0.05) is 30.3 Å². The van der Waals surface area contributed by atoms with Gasteiger partial charge in [0.05, 0.1) is 0 Å². The summed E-state index contributed by atoms with van der Waals surface area (Å²) in [7, 11) is 0. The minimum atomic E-state index is -0.420. The number of carbonyl (C=O) groups is 2. The van der Waals surface area contributed by atoms with E-state index in [1.165, 1.54) is 5.56 Å². The molecule has 0 saturated carbocycles. The van der Waals surface area contributed by atoms with E-state index >= 15 is 0 Å². The second-order valence-corrected chi connectivity index (χ2v) is 6.91. The molecule has 0 radical (unpaired) electrons. The predicted octanol–water partition coefficient (Wildman–Crippen LogP) is 2.76. The summed E-state index contributed by atoms with van der Waals surface area (Å²) in [6, 6.07) is 15.0. The van der Waals surface area contributed by atoms with Crippen LogP contribution in [0.15, 0.2) is 48.5 Å². The van der Waals surface area contributed by atoms with Crippen molar-refractivity contribution in [3.05, 3.63) is 59.7 Å². The molecule has 1 fully saturated rings. The molecule has 2 aromatic carbocycles. The van der Waals surface area contributed by atoms with Crippen LogP contribution in [-0.4, -0.2) is 45.3 Å². The lowest BCUT2D eigenvalue weighted by molar-refractivity contribution is 0.0945. The molecule has 1 aromatic heterocycles. The Labute approximate surface area is 156 Å². The average molecular weight is 363 g/mol. The number of nitrogens with one attached hydrogen (secondary N) is 2. The van der Waals surface area contributed by atoms with Gasteiger partial charge in [0, 0.05) is 18.7 Å². The zero-order valence-electron chi connectivity index (χ0n) is 14.9. The van der Waals surface area contributed by atoms with Crippen molar-refractivity contribution in [1.29, 1.82) is 0 Å². The summed E-state index contributed by atoms with van der Waals surface area (Å²) < 4.78 is 0. The largest absolute Gasteiger partial charge is 0.324 e. The number of piperidine rings is 1. The molecule has 27 heavy (non-hydrogen) atoms. The standard InChI is InChI=1S/C20H21N5O2/c26-19(16-6-7-17-18(13-16)23-24-22-17)21-20(27)25-10-8-15(9-11-25)12-14-4-2-1-3-5-14/h1-7,13,15H,8-12H2,(H,21,26,27)(H,22,23,24). The number of urea groups is 1. The van der Waals surface area contributed by atoms with Crippen molar-refractivity contribution >= 4 is 23.0 Å². The molecule has 7 nitrogen and oxygen atoms in total. The molecule has 0 spiro atoms. The fraction of sp³-hybridized carbons (Fsp3) is 0.300. The zero-order valence-corrected chi connectivity index (χ0v) is 14.9. The van der Waals surface area contributed by atoms with Crippen LogP contribution < -0.4 is 5.32 Å². The molecule has 3 aromatic rings. The summed E-state index contributed by atoms with van der Waals surface area (Å²) in [5.41, 5.74) is 3.00. The van der Waals surface area contributed by atoms with E-state index in [0.29, 0.717) is 35.6 Å². The minimum Gasteiger partial charge on any atom is -0.324 e. The monoisotopic (exact) mass is 363 g/mol. The highest BCUT2D eigenvalue weighted by molar-refractivity contribution is 6.05. The van der Waals surface area contributed by atoms with Crippen molar-refractivity contribution in [2.24, 2.45) is 5.92 Å². The second kappa shape index (κ2) is 7.57. The first-order valence-electron chi connectivity index (χ1n) is 9.14. The van der Waals surface area contributed by atoms with Gasteiger partial charge in [0.1, 0.15) is 11.0 Å². The third kappa shape index (κ3) is 3.97. The van der Waals surface area contributed by atoms with Crippen LogP contribution in [0.3, 0.4) is 0 Å². The van der Waals surface area contributed by atoms with E-state index in [2.05, 4.69) is 45.0 Å². The van der Waals surface area contributed by atoms with Crippen LogP contribution in [0.2, 0.25) is 0 Å². The number of likely N-dealkylation sites (tertiary alicyclic amines) is 1. The Morgan fingerprint density at radius 3 is 2.56 bits per heavy atom. The number of aromatic nitrogens is 3. The highest BCUT2D eigenvalue weighted by Crippen LogP contribution is 2.21. The maximum Gasteiger partial charge on any atom is 0.324 e. The van der Waals surface area contributed by atoms with E-state index in [1.807, 2.05) is 6.07 Å². The molecule has 0 atom stereocenters. The average Bonchev–Trinajstić information content (AvgIpc) is 3.17. The molecule has 7 heteroatoms. The van der Waals surface area contributed by atoms with E-state index < -0.39 is 5.91 Å². The lowest BCUT2D eigenvalue weighted by Gasteiger charge is -2.31. The van der Waals surface area contributed by atoms with Gasteiger partial charge in [-0.05, 0) is 48.9 Å². The van der Waals surface area contributed by atoms with Gasteiger partial charge in [0.25, 0.3) is 5.91 Å². The number of aromatic amines is 1. The lowest BCUT2D eigenvalue weighted by atomic mass is 9.90. The molecule has 1 aliphatic rings. The summed E-state index contributed by atoms with van der Waals surface area (Å²) in [5.74, 6) is 0.151. The Kier molecular flexibility index (Phi) is 4.82. The third-order valence-electron chi connectivity index (χ3n) is 5.07. The van der Waals surface area contributed by atoms with E-state index in [9.17, 15) is 9.59 Å². The van der Waals surface area contributed by atoms with Gasteiger partial charge >= 0.3 is 6.03 Å². The van der Waals surface area contributed by atoms with Gasteiger partial charge < -0.3 is 4.90 Å². The number of nitrogens with zero attached hydrogens (tertiary/aromatic N) is 3. The third-order valence-corrected chi connectivity index (χ3v) is 5.07. The molecule has 138 valence electrons. The number of rotatable bonds is 3. The van der Waals surface area contributed by atoms with Gasteiger partial charge in [0.15, 0.2) is 0 Å². The molecule has 3 amide bonds. The van der Waals surface area contributed by atoms with Crippen LogP contribution in [0.5, 0.6) is 0 Å². The van der Waals surface area contributed by atoms with E-state index in [0.717, 1.165) is 19.3 Å². The van der Waals surface area contributed by atoms with Gasteiger partial charge in [-0.3, -0.25) is 10.1 Å². The van der Waals surface area contributed by atoms with Gasteiger partial charge in [-0.15, -0.1) is 0 Å². The normalized spacial score (nSPS) is 15.0. The summed E-state index contributed by atoms with van der Waals surface area (Å²) in [6.07, 6.45) is 2.93. The van der Waals surface area contributed by atoms with Gasteiger partial charge in [-0.25, -0.2) is 4.79 Å². The molecule has 2 N–H and O–H groups in total. The van der Waals surface area contributed by atoms with Crippen molar-refractivity contribution in [1.82, 2.24) is 25.6 Å². The number of benzene rings is 2. The number of hydrogen-bond acceptors (Lipinski definition) is 4. The second-order valence-electron chi connectivity index (χ2n) is 6.91. The Bertz CT molecular complexity index is 945.